The second-order valence-corrected chi connectivity index (χ2v) is 3.81. The number of methoxy groups -OCH3 is 1. The fourth-order valence-electron chi connectivity index (χ4n) is 1.16. The van der Waals surface area contributed by atoms with Crippen LogP contribution in [0.3, 0.4) is 0 Å². The zero-order valence-corrected chi connectivity index (χ0v) is 9.60. The monoisotopic (exact) mass is 252 g/mol. The van der Waals surface area contributed by atoms with Gasteiger partial charge in [0, 0.05) is 17.8 Å². The Bertz CT molecular complexity index is 523. The molecule has 2 aromatic rings. The first-order valence-electron chi connectivity index (χ1n) is 4.56. The van der Waals surface area contributed by atoms with Gasteiger partial charge in [0.05, 0.1) is 12.5 Å². The second kappa shape index (κ2) is 4.79. The largest absolute Gasteiger partial charge is 0.512 e. The lowest BCUT2D eigenvalue weighted by Gasteiger charge is -1.98. The van der Waals surface area contributed by atoms with Crippen LogP contribution in [0.2, 0.25) is 0 Å². The third-order valence-electron chi connectivity index (χ3n) is 1.87. The van der Waals surface area contributed by atoms with E-state index in [1.165, 1.54) is 23.8 Å². The van der Waals surface area contributed by atoms with Crippen molar-refractivity contribution in [3.05, 3.63) is 23.7 Å². The van der Waals surface area contributed by atoms with Gasteiger partial charge in [0.25, 0.3) is 0 Å². The van der Waals surface area contributed by atoms with Gasteiger partial charge >= 0.3 is 6.16 Å². The topological polar surface area (TPSA) is 81.5 Å². The van der Waals surface area contributed by atoms with Gasteiger partial charge in [-0.3, -0.25) is 0 Å². The molecule has 0 saturated carbocycles. The highest BCUT2D eigenvalue weighted by molar-refractivity contribution is 7.13. The molecule has 1 N–H and O–H groups in total. The number of thiazole rings is 1. The van der Waals surface area contributed by atoms with Gasteiger partial charge in [0.1, 0.15) is 5.01 Å². The molecule has 2 rings (SSSR count). The fraction of sp³-hybridized carbons (Fsp3) is 0.100. The average molecular weight is 252 g/mol. The van der Waals surface area contributed by atoms with E-state index in [0.717, 1.165) is 5.56 Å². The van der Waals surface area contributed by atoms with Crippen molar-refractivity contribution in [2.45, 2.75) is 0 Å². The van der Waals surface area contributed by atoms with Gasteiger partial charge in [-0.1, -0.05) is 0 Å². The lowest BCUT2D eigenvalue weighted by atomic mass is 10.3. The number of hydrogen-bond donors (Lipinski definition) is 1. The molecule has 0 bridgehead atoms. The first-order valence-corrected chi connectivity index (χ1v) is 5.43. The molecule has 7 heteroatoms. The van der Waals surface area contributed by atoms with Gasteiger partial charge in [-0.05, 0) is 6.07 Å². The Morgan fingerprint density at radius 3 is 2.82 bits per heavy atom. The first-order chi connectivity index (χ1) is 8.19. The highest BCUT2D eigenvalue weighted by atomic mass is 32.1. The highest BCUT2D eigenvalue weighted by Crippen LogP contribution is 2.27. The molecule has 0 atom stereocenters. The minimum atomic E-state index is -1.38. The van der Waals surface area contributed by atoms with Gasteiger partial charge in [-0.25, -0.2) is 14.8 Å². The molecule has 0 aromatic carbocycles. The van der Waals surface area contributed by atoms with Gasteiger partial charge in [-0.15, -0.1) is 11.3 Å². The molecule has 0 aliphatic carbocycles. The molecule has 0 aliphatic rings. The quantitative estimate of drug-likeness (QED) is 0.844. The molecular formula is C10H8N2O4S. The SMILES string of the molecule is COc1ccc(-c2nc(OC(=O)O)cs2)cn1. The smallest absolute Gasteiger partial charge is 0.481 e. The molecule has 0 radical (unpaired) electrons. The molecule has 2 aromatic heterocycles. The summed E-state index contributed by atoms with van der Waals surface area (Å²) in [5.74, 6) is 0.570. The zero-order chi connectivity index (χ0) is 12.3. The summed E-state index contributed by atoms with van der Waals surface area (Å²) in [6.07, 6.45) is 0.220. The molecule has 0 fully saturated rings. The number of hydrogen-bond acceptors (Lipinski definition) is 6. The third-order valence-corrected chi connectivity index (χ3v) is 2.74. The molecule has 0 amide bonds. The van der Waals surface area contributed by atoms with Gasteiger partial charge in [-0.2, -0.15) is 0 Å². The van der Waals surface area contributed by atoms with E-state index in [4.69, 9.17) is 9.84 Å². The van der Waals surface area contributed by atoms with Crippen LogP contribution in [0, 0.1) is 0 Å². The number of rotatable bonds is 3. The van der Waals surface area contributed by atoms with E-state index in [9.17, 15) is 4.79 Å². The van der Waals surface area contributed by atoms with Crippen LogP contribution in [-0.4, -0.2) is 28.3 Å². The Labute approximate surface area is 100 Å². The maximum atomic E-state index is 10.3. The summed E-state index contributed by atoms with van der Waals surface area (Å²) in [7, 11) is 1.53. The Morgan fingerprint density at radius 2 is 2.24 bits per heavy atom. The number of aromatic nitrogens is 2. The Hall–Kier alpha value is -2.15. The molecule has 2 heterocycles. The van der Waals surface area contributed by atoms with Crippen molar-refractivity contribution in [1.82, 2.24) is 9.97 Å². The molecule has 0 unspecified atom stereocenters. The number of carboxylic acid groups (broad SMARTS) is 1. The molecule has 0 aliphatic heterocycles. The maximum absolute atomic E-state index is 10.3. The summed E-state index contributed by atoms with van der Waals surface area (Å²) in [5, 5.41) is 10.6. The predicted molar refractivity (Wildman–Crippen MR) is 60.5 cm³/mol. The summed E-state index contributed by atoms with van der Waals surface area (Å²) >= 11 is 1.28. The van der Waals surface area contributed by atoms with E-state index in [-0.39, 0.29) is 5.88 Å². The first kappa shape index (κ1) is 11.3. The van der Waals surface area contributed by atoms with Crippen LogP contribution >= 0.6 is 11.3 Å². The average Bonchev–Trinajstić information content (AvgIpc) is 2.77. The summed E-state index contributed by atoms with van der Waals surface area (Å²) in [6, 6.07) is 3.49. The number of carbonyl (C=O) groups is 1. The van der Waals surface area contributed by atoms with Crippen LogP contribution in [0.4, 0.5) is 4.79 Å². The van der Waals surface area contributed by atoms with Crippen molar-refractivity contribution in [1.29, 1.82) is 0 Å². The zero-order valence-electron chi connectivity index (χ0n) is 8.78. The number of nitrogens with zero attached hydrogens (tertiary/aromatic N) is 2. The third kappa shape index (κ3) is 2.70. The molecular weight excluding hydrogens is 244 g/mol. The molecule has 17 heavy (non-hydrogen) atoms. The van der Waals surface area contributed by atoms with E-state index in [0.29, 0.717) is 10.9 Å². The van der Waals surface area contributed by atoms with Crippen molar-refractivity contribution >= 4 is 17.5 Å². The minimum absolute atomic E-state index is 0.0633. The van der Waals surface area contributed by atoms with Crippen molar-refractivity contribution < 1.29 is 19.4 Å². The van der Waals surface area contributed by atoms with Crippen LogP contribution in [0.25, 0.3) is 10.6 Å². The van der Waals surface area contributed by atoms with Gasteiger partial charge in [0.2, 0.25) is 11.8 Å². The van der Waals surface area contributed by atoms with Crippen molar-refractivity contribution in [3.8, 4) is 22.3 Å². The van der Waals surface area contributed by atoms with E-state index >= 15 is 0 Å². The Kier molecular flexibility index (Phi) is 3.20. The van der Waals surface area contributed by atoms with E-state index in [1.807, 2.05) is 0 Å². The van der Waals surface area contributed by atoms with Crippen LogP contribution in [-0.2, 0) is 0 Å². The van der Waals surface area contributed by atoms with E-state index in [2.05, 4.69) is 14.7 Å². The van der Waals surface area contributed by atoms with Gasteiger partial charge < -0.3 is 14.6 Å². The minimum Gasteiger partial charge on any atom is -0.481 e. The van der Waals surface area contributed by atoms with Crippen LogP contribution in [0.5, 0.6) is 11.8 Å². The molecule has 6 nitrogen and oxygen atoms in total. The number of ether oxygens (including phenoxy) is 2. The highest BCUT2D eigenvalue weighted by Gasteiger charge is 2.08. The van der Waals surface area contributed by atoms with Gasteiger partial charge in [0.15, 0.2) is 0 Å². The summed E-state index contributed by atoms with van der Waals surface area (Å²) in [5.41, 5.74) is 0.774. The number of pyridine rings is 1. The van der Waals surface area contributed by atoms with Crippen LogP contribution < -0.4 is 9.47 Å². The van der Waals surface area contributed by atoms with Crippen molar-refractivity contribution in [2.24, 2.45) is 0 Å². The molecule has 0 saturated heterocycles. The van der Waals surface area contributed by atoms with Crippen LogP contribution in [0.15, 0.2) is 23.7 Å². The standard InChI is InChI=1S/C10H8N2O4S/c1-15-7-3-2-6(4-11-7)9-12-8(5-17-9)16-10(13)14/h2-5H,1H3,(H,13,14). The molecule has 88 valence electrons. The Morgan fingerprint density at radius 1 is 1.41 bits per heavy atom. The molecule has 0 spiro atoms. The second-order valence-electron chi connectivity index (χ2n) is 2.95. The fourth-order valence-corrected chi connectivity index (χ4v) is 1.87. The maximum Gasteiger partial charge on any atom is 0.512 e. The lowest BCUT2D eigenvalue weighted by Crippen LogP contribution is -2.02. The van der Waals surface area contributed by atoms with E-state index < -0.39 is 6.16 Å². The summed E-state index contributed by atoms with van der Waals surface area (Å²) < 4.78 is 9.36. The predicted octanol–water partition coefficient (Wildman–Crippen LogP) is 2.27. The summed E-state index contributed by atoms with van der Waals surface area (Å²) in [6.45, 7) is 0. The van der Waals surface area contributed by atoms with Crippen molar-refractivity contribution in [2.75, 3.05) is 7.11 Å². The summed E-state index contributed by atoms with van der Waals surface area (Å²) in [4.78, 5) is 18.4. The Balaban J connectivity index is 2.21. The van der Waals surface area contributed by atoms with Crippen LogP contribution in [0.1, 0.15) is 0 Å². The normalized spacial score (nSPS) is 9.94. The van der Waals surface area contributed by atoms with Crippen molar-refractivity contribution in [3.63, 3.8) is 0 Å². The lowest BCUT2D eigenvalue weighted by molar-refractivity contribution is 0.143. The van der Waals surface area contributed by atoms with E-state index in [1.54, 1.807) is 18.3 Å².